The number of methoxy groups -OCH3 is 2. The molecule has 2 aliphatic rings. The molecule has 0 aromatic heterocycles. The number of nitrogens with zero attached hydrogens (tertiary/aromatic N) is 2. The van der Waals surface area contributed by atoms with Gasteiger partial charge in [0, 0.05) is 32.1 Å². The predicted molar refractivity (Wildman–Crippen MR) is 90.4 cm³/mol. The number of hydrogen-bond acceptors (Lipinski definition) is 4. The first-order valence-electron chi connectivity index (χ1n) is 8.45. The van der Waals surface area contributed by atoms with Crippen LogP contribution in [0.15, 0.2) is 18.2 Å². The Hall–Kier alpha value is -2.24. The van der Waals surface area contributed by atoms with Crippen molar-refractivity contribution in [2.45, 2.75) is 25.7 Å². The van der Waals surface area contributed by atoms with Crippen LogP contribution in [0.1, 0.15) is 25.7 Å². The summed E-state index contributed by atoms with van der Waals surface area (Å²) in [4.78, 5) is 28.7. The van der Waals surface area contributed by atoms with Gasteiger partial charge in [0.15, 0.2) is 0 Å². The van der Waals surface area contributed by atoms with Crippen molar-refractivity contribution in [1.29, 1.82) is 0 Å². The van der Waals surface area contributed by atoms with E-state index in [4.69, 9.17) is 9.47 Å². The van der Waals surface area contributed by atoms with Gasteiger partial charge in [0.1, 0.15) is 11.5 Å². The van der Waals surface area contributed by atoms with Crippen LogP contribution in [0.2, 0.25) is 0 Å². The van der Waals surface area contributed by atoms with Gasteiger partial charge in [0.2, 0.25) is 11.8 Å². The molecule has 0 unspecified atom stereocenters. The van der Waals surface area contributed by atoms with Crippen LogP contribution >= 0.6 is 0 Å². The van der Waals surface area contributed by atoms with Gasteiger partial charge in [0.05, 0.1) is 25.8 Å². The van der Waals surface area contributed by atoms with E-state index < -0.39 is 0 Å². The van der Waals surface area contributed by atoms with E-state index in [0.29, 0.717) is 23.7 Å². The normalized spacial score (nSPS) is 21.1. The molecule has 24 heavy (non-hydrogen) atoms. The van der Waals surface area contributed by atoms with Crippen molar-refractivity contribution in [2.75, 3.05) is 38.8 Å². The number of rotatable bonds is 4. The van der Waals surface area contributed by atoms with Gasteiger partial charge in [-0.15, -0.1) is 0 Å². The average molecular weight is 332 g/mol. The molecule has 0 saturated carbocycles. The number of benzene rings is 1. The highest BCUT2D eigenvalue weighted by atomic mass is 16.5. The monoisotopic (exact) mass is 332 g/mol. The topological polar surface area (TPSA) is 59.1 Å². The molecule has 130 valence electrons. The number of anilines is 1. The maximum absolute atomic E-state index is 12.7. The number of ether oxygens (including phenoxy) is 2. The molecule has 3 rings (SSSR count). The Balaban J connectivity index is 1.76. The van der Waals surface area contributed by atoms with Gasteiger partial charge >= 0.3 is 0 Å². The van der Waals surface area contributed by atoms with Crippen LogP contribution in [0, 0.1) is 5.92 Å². The largest absolute Gasteiger partial charge is 0.497 e. The maximum Gasteiger partial charge on any atom is 0.228 e. The first-order chi connectivity index (χ1) is 11.6. The molecule has 2 saturated heterocycles. The quantitative estimate of drug-likeness (QED) is 0.847. The minimum Gasteiger partial charge on any atom is -0.497 e. The van der Waals surface area contributed by atoms with E-state index in [9.17, 15) is 9.59 Å². The number of likely N-dealkylation sites (tertiary alicyclic amines) is 1. The minimum absolute atomic E-state index is 0.0335. The van der Waals surface area contributed by atoms with Crippen LogP contribution < -0.4 is 14.4 Å². The number of carbonyl (C=O) groups excluding carboxylic acids is 2. The highest BCUT2D eigenvalue weighted by Crippen LogP contribution is 2.36. The molecule has 0 radical (unpaired) electrons. The van der Waals surface area contributed by atoms with E-state index >= 15 is 0 Å². The van der Waals surface area contributed by atoms with Crippen molar-refractivity contribution >= 4 is 17.5 Å². The van der Waals surface area contributed by atoms with Gasteiger partial charge < -0.3 is 19.3 Å². The van der Waals surface area contributed by atoms with Gasteiger partial charge in [-0.1, -0.05) is 0 Å². The molecule has 2 heterocycles. The third-order valence-electron chi connectivity index (χ3n) is 4.82. The zero-order valence-electron chi connectivity index (χ0n) is 14.3. The summed E-state index contributed by atoms with van der Waals surface area (Å²) in [7, 11) is 3.15. The van der Waals surface area contributed by atoms with Crippen LogP contribution in [0.4, 0.5) is 5.69 Å². The van der Waals surface area contributed by atoms with Crippen molar-refractivity contribution in [3.8, 4) is 11.5 Å². The lowest BCUT2D eigenvalue weighted by molar-refractivity contribution is -0.136. The summed E-state index contributed by atoms with van der Waals surface area (Å²) in [6.45, 7) is 2.04. The lowest BCUT2D eigenvalue weighted by Crippen LogP contribution is -2.40. The summed E-state index contributed by atoms with van der Waals surface area (Å²) in [6.07, 6.45) is 3.57. The molecular weight excluding hydrogens is 308 g/mol. The van der Waals surface area contributed by atoms with E-state index in [1.54, 1.807) is 31.3 Å². The molecule has 2 fully saturated rings. The second kappa shape index (κ2) is 7.11. The molecule has 0 aliphatic carbocycles. The average Bonchev–Trinajstić information content (AvgIpc) is 3.02. The smallest absolute Gasteiger partial charge is 0.228 e. The SMILES string of the molecule is COc1ccc(N2C[C@H](C(=O)N3CCCCC3)CC2=O)c(OC)c1. The lowest BCUT2D eigenvalue weighted by Gasteiger charge is -2.29. The zero-order chi connectivity index (χ0) is 17.1. The third kappa shape index (κ3) is 3.18. The van der Waals surface area contributed by atoms with Crippen LogP contribution in [-0.2, 0) is 9.59 Å². The number of piperidine rings is 1. The van der Waals surface area contributed by atoms with E-state index in [1.807, 2.05) is 11.0 Å². The molecule has 1 aromatic rings. The molecule has 0 spiro atoms. The van der Waals surface area contributed by atoms with Crippen LogP contribution in [0.25, 0.3) is 0 Å². The van der Waals surface area contributed by atoms with E-state index in [1.165, 1.54) is 6.42 Å². The fraction of sp³-hybridized carbons (Fsp3) is 0.556. The first kappa shape index (κ1) is 16.6. The number of amides is 2. The van der Waals surface area contributed by atoms with Crippen molar-refractivity contribution in [3.05, 3.63) is 18.2 Å². The Morgan fingerprint density at radius 1 is 1.12 bits per heavy atom. The number of hydrogen-bond donors (Lipinski definition) is 0. The molecule has 1 aromatic carbocycles. The third-order valence-corrected chi connectivity index (χ3v) is 4.82. The highest BCUT2D eigenvalue weighted by Gasteiger charge is 2.38. The molecule has 2 amide bonds. The Morgan fingerprint density at radius 3 is 2.54 bits per heavy atom. The molecule has 0 N–H and O–H groups in total. The summed E-state index contributed by atoms with van der Waals surface area (Å²) < 4.78 is 10.6. The Bertz CT molecular complexity index is 625. The molecule has 6 heteroatoms. The minimum atomic E-state index is -0.262. The highest BCUT2D eigenvalue weighted by molar-refractivity contribution is 6.01. The second-order valence-electron chi connectivity index (χ2n) is 6.33. The van der Waals surface area contributed by atoms with E-state index in [2.05, 4.69) is 0 Å². The summed E-state index contributed by atoms with van der Waals surface area (Å²) >= 11 is 0. The van der Waals surface area contributed by atoms with Crippen molar-refractivity contribution in [1.82, 2.24) is 4.90 Å². The molecule has 1 atom stereocenters. The van der Waals surface area contributed by atoms with Crippen LogP contribution in [-0.4, -0.2) is 50.6 Å². The zero-order valence-corrected chi connectivity index (χ0v) is 14.3. The van der Waals surface area contributed by atoms with Gasteiger partial charge in [-0.2, -0.15) is 0 Å². The maximum atomic E-state index is 12.7. The van der Waals surface area contributed by atoms with Crippen LogP contribution in [0.5, 0.6) is 11.5 Å². The van der Waals surface area contributed by atoms with E-state index in [0.717, 1.165) is 25.9 Å². The van der Waals surface area contributed by atoms with Gasteiger partial charge in [-0.3, -0.25) is 9.59 Å². The van der Waals surface area contributed by atoms with Crippen LogP contribution in [0.3, 0.4) is 0 Å². The lowest BCUT2D eigenvalue weighted by atomic mass is 10.0. The number of carbonyl (C=O) groups is 2. The fourth-order valence-electron chi connectivity index (χ4n) is 3.49. The Kier molecular flexibility index (Phi) is 4.92. The molecule has 2 aliphatic heterocycles. The fourth-order valence-corrected chi connectivity index (χ4v) is 3.49. The summed E-state index contributed by atoms with van der Waals surface area (Å²) in [5.41, 5.74) is 0.692. The van der Waals surface area contributed by atoms with Crippen molar-refractivity contribution < 1.29 is 19.1 Å². The van der Waals surface area contributed by atoms with Gasteiger partial charge in [0.25, 0.3) is 0 Å². The summed E-state index contributed by atoms with van der Waals surface area (Å²) in [6, 6.07) is 5.36. The van der Waals surface area contributed by atoms with E-state index in [-0.39, 0.29) is 24.2 Å². The van der Waals surface area contributed by atoms with Crippen molar-refractivity contribution in [3.63, 3.8) is 0 Å². The molecule has 0 bridgehead atoms. The van der Waals surface area contributed by atoms with Gasteiger partial charge in [-0.05, 0) is 31.4 Å². The summed E-state index contributed by atoms with van der Waals surface area (Å²) in [5.74, 6) is 1.06. The predicted octanol–water partition coefficient (Wildman–Crippen LogP) is 2.07. The Morgan fingerprint density at radius 2 is 1.88 bits per heavy atom. The first-order valence-corrected chi connectivity index (χ1v) is 8.45. The second-order valence-corrected chi connectivity index (χ2v) is 6.33. The Labute approximate surface area is 142 Å². The molecule has 6 nitrogen and oxygen atoms in total. The summed E-state index contributed by atoms with van der Waals surface area (Å²) in [5, 5.41) is 0. The van der Waals surface area contributed by atoms with Crippen molar-refractivity contribution in [2.24, 2.45) is 5.92 Å². The molecular formula is C18H24N2O4. The van der Waals surface area contributed by atoms with Gasteiger partial charge in [-0.25, -0.2) is 0 Å². The standard InChI is InChI=1S/C18H24N2O4/c1-23-14-6-7-15(16(11-14)24-2)20-12-13(10-17(20)21)18(22)19-8-4-3-5-9-19/h6-7,11,13H,3-5,8-10,12H2,1-2H3/t13-/m1/s1.